The number of nitrogens with two attached hydrogens (primary N) is 1. The summed E-state index contributed by atoms with van der Waals surface area (Å²) in [6.45, 7) is 0.892. The first-order valence-corrected chi connectivity index (χ1v) is 5.86. The van der Waals surface area contributed by atoms with E-state index in [0.717, 1.165) is 13.0 Å². The first-order chi connectivity index (χ1) is 7.99. The molecule has 0 spiro atoms. The van der Waals surface area contributed by atoms with Crippen LogP contribution in [0.4, 0.5) is 11.4 Å². The summed E-state index contributed by atoms with van der Waals surface area (Å²) >= 11 is 5.77. The van der Waals surface area contributed by atoms with Crippen molar-refractivity contribution in [3.8, 4) is 0 Å². The van der Waals surface area contributed by atoms with Gasteiger partial charge in [0.2, 0.25) is 5.91 Å². The molecular formula is C12H18ClN3O. The fourth-order valence-electron chi connectivity index (χ4n) is 1.42. The standard InChI is InChI=1S/C12H18ClN3O/c1-16(2)7-3-4-12(17)15-11-6-5-9(13)8-10(11)14/h5-6,8H,3-4,7,14H2,1-2H3,(H,15,17). The van der Waals surface area contributed by atoms with Crippen LogP contribution in [-0.2, 0) is 4.79 Å². The lowest BCUT2D eigenvalue weighted by Crippen LogP contribution is -2.17. The van der Waals surface area contributed by atoms with E-state index in [-0.39, 0.29) is 5.91 Å². The first kappa shape index (κ1) is 13.8. The van der Waals surface area contributed by atoms with Gasteiger partial charge in [-0.25, -0.2) is 0 Å². The minimum atomic E-state index is -0.0270. The van der Waals surface area contributed by atoms with Crippen molar-refractivity contribution in [2.24, 2.45) is 0 Å². The zero-order chi connectivity index (χ0) is 12.8. The molecule has 0 fully saturated rings. The highest BCUT2D eigenvalue weighted by Gasteiger charge is 2.05. The molecule has 17 heavy (non-hydrogen) atoms. The van der Waals surface area contributed by atoms with Gasteiger partial charge < -0.3 is 16.0 Å². The number of carbonyl (C=O) groups is 1. The number of nitrogen functional groups attached to an aromatic ring is 1. The summed E-state index contributed by atoms with van der Waals surface area (Å²) in [4.78, 5) is 13.7. The number of nitrogens with zero attached hydrogens (tertiary/aromatic N) is 1. The molecule has 0 radical (unpaired) electrons. The number of anilines is 2. The lowest BCUT2D eigenvalue weighted by Gasteiger charge is -2.10. The van der Waals surface area contributed by atoms with Gasteiger partial charge in [0, 0.05) is 11.4 Å². The lowest BCUT2D eigenvalue weighted by molar-refractivity contribution is -0.116. The van der Waals surface area contributed by atoms with Crippen LogP contribution in [-0.4, -0.2) is 31.4 Å². The quantitative estimate of drug-likeness (QED) is 0.793. The highest BCUT2D eigenvalue weighted by atomic mass is 35.5. The van der Waals surface area contributed by atoms with Crippen LogP contribution in [0.3, 0.4) is 0 Å². The van der Waals surface area contributed by atoms with Gasteiger partial charge in [-0.1, -0.05) is 11.6 Å². The Morgan fingerprint density at radius 3 is 2.76 bits per heavy atom. The highest BCUT2D eigenvalue weighted by molar-refractivity contribution is 6.31. The molecule has 0 saturated heterocycles. The number of hydrogen-bond acceptors (Lipinski definition) is 3. The van der Waals surface area contributed by atoms with Gasteiger partial charge in [0.1, 0.15) is 0 Å². The third-order valence-electron chi connectivity index (χ3n) is 2.30. The monoisotopic (exact) mass is 255 g/mol. The van der Waals surface area contributed by atoms with E-state index in [1.54, 1.807) is 18.2 Å². The molecule has 1 rings (SSSR count). The second kappa shape index (κ2) is 6.47. The number of nitrogens with one attached hydrogen (secondary N) is 1. The Bertz CT molecular complexity index is 393. The van der Waals surface area contributed by atoms with Crippen LogP contribution in [0.15, 0.2) is 18.2 Å². The van der Waals surface area contributed by atoms with Gasteiger partial charge in [0.05, 0.1) is 11.4 Å². The highest BCUT2D eigenvalue weighted by Crippen LogP contribution is 2.22. The summed E-state index contributed by atoms with van der Waals surface area (Å²) in [5.74, 6) is -0.0270. The Morgan fingerprint density at radius 1 is 1.47 bits per heavy atom. The molecule has 1 amide bonds. The topological polar surface area (TPSA) is 58.4 Å². The molecule has 0 unspecified atom stereocenters. The van der Waals surface area contributed by atoms with Gasteiger partial charge in [0.25, 0.3) is 0 Å². The predicted octanol–water partition coefficient (Wildman–Crippen LogP) is 2.20. The van der Waals surface area contributed by atoms with Crippen molar-refractivity contribution in [2.75, 3.05) is 31.7 Å². The molecule has 0 bridgehead atoms. The molecule has 0 aliphatic heterocycles. The molecular weight excluding hydrogens is 238 g/mol. The second-order valence-corrected chi connectivity index (χ2v) is 4.62. The maximum atomic E-state index is 11.6. The van der Waals surface area contributed by atoms with Crippen LogP contribution in [0.1, 0.15) is 12.8 Å². The van der Waals surface area contributed by atoms with Crippen molar-refractivity contribution in [1.82, 2.24) is 4.90 Å². The number of halogens is 1. The van der Waals surface area contributed by atoms with Crippen LogP contribution in [0.2, 0.25) is 5.02 Å². The van der Waals surface area contributed by atoms with Gasteiger partial charge in [-0.05, 0) is 45.3 Å². The lowest BCUT2D eigenvalue weighted by atomic mass is 10.2. The van der Waals surface area contributed by atoms with Crippen molar-refractivity contribution in [3.05, 3.63) is 23.2 Å². The Balaban J connectivity index is 2.45. The molecule has 0 heterocycles. The summed E-state index contributed by atoms with van der Waals surface area (Å²) in [7, 11) is 3.96. The number of benzene rings is 1. The van der Waals surface area contributed by atoms with E-state index in [1.807, 2.05) is 19.0 Å². The molecule has 0 atom stereocenters. The molecule has 94 valence electrons. The molecule has 1 aromatic carbocycles. The maximum absolute atomic E-state index is 11.6. The minimum Gasteiger partial charge on any atom is -0.397 e. The average molecular weight is 256 g/mol. The predicted molar refractivity (Wildman–Crippen MR) is 72.3 cm³/mol. The van der Waals surface area contributed by atoms with Crippen LogP contribution in [0.5, 0.6) is 0 Å². The third kappa shape index (κ3) is 5.06. The SMILES string of the molecule is CN(C)CCCC(=O)Nc1ccc(Cl)cc1N. The van der Waals surface area contributed by atoms with Crippen LogP contribution >= 0.6 is 11.6 Å². The Labute approximate surface area is 107 Å². The number of carbonyl (C=O) groups excluding carboxylic acids is 1. The molecule has 4 nitrogen and oxygen atoms in total. The Hall–Kier alpha value is -1.26. The third-order valence-corrected chi connectivity index (χ3v) is 2.53. The van der Waals surface area contributed by atoms with E-state index in [4.69, 9.17) is 17.3 Å². The van der Waals surface area contributed by atoms with E-state index < -0.39 is 0 Å². The molecule has 3 N–H and O–H groups in total. The molecule has 0 saturated carbocycles. The van der Waals surface area contributed by atoms with Crippen molar-refractivity contribution in [3.63, 3.8) is 0 Å². The van der Waals surface area contributed by atoms with Gasteiger partial charge >= 0.3 is 0 Å². The van der Waals surface area contributed by atoms with Crippen LogP contribution in [0.25, 0.3) is 0 Å². The summed E-state index contributed by atoms with van der Waals surface area (Å²) in [6.07, 6.45) is 1.31. The minimum absolute atomic E-state index is 0.0270. The summed E-state index contributed by atoms with van der Waals surface area (Å²) in [6, 6.07) is 5.03. The number of amides is 1. The van der Waals surface area contributed by atoms with E-state index in [0.29, 0.717) is 22.8 Å². The van der Waals surface area contributed by atoms with E-state index in [9.17, 15) is 4.79 Å². The smallest absolute Gasteiger partial charge is 0.224 e. The second-order valence-electron chi connectivity index (χ2n) is 4.19. The van der Waals surface area contributed by atoms with Crippen LogP contribution < -0.4 is 11.1 Å². The summed E-state index contributed by atoms with van der Waals surface area (Å²) in [5, 5.41) is 3.33. The summed E-state index contributed by atoms with van der Waals surface area (Å²) in [5.41, 5.74) is 6.84. The molecule has 1 aromatic rings. The van der Waals surface area contributed by atoms with Gasteiger partial charge in [-0.15, -0.1) is 0 Å². The molecule has 0 aliphatic rings. The van der Waals surface area contributed by atoms with Crippen molar-refractivity contribution < 1.29 is 4.79 Å². The van der Waals surface area contributed by atoms with E-state index in [1.165, 1.54) is 0 Å². The molecule has 0 aliphatic carbocycles. The fourth-order valence-corrected chi connectivity index (χ4v) is 1.60. The number of hydrogen-bond donors (Lipinski definition) is 2. The number of rotatable bonds is 5. The normalized spacial score (nSPS) is 10.6. The molecule has 5 heteroatoms. The Morgan fingerprint density at radius 2 is 2.18 bits per heavy atom. The fraction of sp³-hybridized carbons (Fsp3) is 0.417. The van der Waals surface area contributed by atoms with Crippen LogP contribution in [0, 0.1) is 0 Å². The summed E-state index contributed by atoms with van der Waals surface area (Å²) < 4.78 is 0. The van der Waals surface area contributed by atoms with E-state index in [2.05, 4.69) is 5.32 Å². The van der Waals surface area contributed by atoms with Crippen molar-refractivity contribution >= 4 is 28.9 Å². The molecule has 0 aromatic heterocycles. The van der Waals surface area contributed by atoms with E-state index >= 15 is 0 Å². The van der Waals surface area contributed by atoms with Gasteiger partial charge in [0.15, 0.2) is 0 Å². The van der Waals surface area contributed by atoms with Gasteiger partial charge in [-0.3, -0.25) is 4.79 Å². The zero-order valence-corrected chi connectivity index (χ0v) is 10.9. The van der Waals surface area contributed by atoms with Crippen molar-refractivity contribution in [1.29, 1.82) is 0 Å². The largest absolute Gasteiger partial charge is 0.397 e. The zero-order valence-electron chi connectivity index (χ0n) is 10.2. The van der Waals surface area contributed by atoms with Crippen molar-refractivity contribution in [2.45, 2.75) is 12.8 Å². The van der Waals surface area contributed by atoms with Gasteiger partial charge in [-0.2, -0.15) is 0 Å². The maximum Gasteiger partial charge on any atom is 0.224 e. The average Bonchev–Trinajstić information content (AvgIpc) is 2.21. The Kier molecular flexibility index (Phi) is 5.25. The first-order valence-electron chi connectivity index (χ1n) is 5.48.